The van der Waals surface area contributed by atoms with Crippen LogP contribution in [0.2, 0.25) is 0 Å². The van der Waals surface area contributed by atoms with Gasteiger partial charge in [-0.2, -0.15) is 0 Å². The van der Waals surface area contributed by atoms with E-state index in [1.54, 1.807) is 18.3 Å². The van der Waals surface area contributed by atoms with Gasteiger partial charge in [0.1, 0.15) is 5.82 Å². The fourth-order valence-electron chi connectivity index (χ4n) is 1.62. The number of carbonyl (C=O) groups is 2. The third-order valence-electron chi connectivity index (χ3n) is 2.55. The van der Waals surface area contributed by atoms with Gasteiger partial charge in [0.15, 0.2) is 0 Å². The number of nitrogens with zero attached hydrogens (tertiary/aromatic N) is 1. The Kier molecular flexibility index (Phi) is 3.14. The molecule has 1 aliphatic rings. The van der Waals surface area contributed by atoms with E-state index in [4.69, 9.17) is 0 Å². The van der Waals surface area contributed by atoms with Crippen LogP contribution in [0.1, 0.15) is 12.8 Å². The minimum Gasteiger partial charge on any atom is -0.355 e. The van der Waals surface area contributed by atoms with Gasteiger partial charge in [0.25, 0.3) is 0 Å². The SMILES string of the molecule is O=C1CC[C@H](C(=O)Nc2ccccn2)CN1. The summed E-state index contributed by atoms with van der Waals surface area (Å²) in [5, 5.41) is 5.40. The number of piperidine rings is 1. The van der Waals surface area contributed by atoms with Gasteiger partial charge >= 0.3 is 0 Å². The quantitative estimate of drug-likeness (QED) is 0.762. The molecular formula is C11H13N3O2. The summed E-state index contributed by atoms with van der Waals surface area (Å²) in [6, 6.07) is 5.33. The van der Waals surface area contributed by atoms with Crippen molar-refractivity contribution in [2.24, 2.45) is 5.92 Å². The molecule has 2 heterocycles. The van der Waals surface area contributed by atoms with Crippen LogP contribution in [0.15, 0.2) is 24.4 Å². The largest absolute Gasteiger partial charge is 0.355 e. The van der Waals surface area contributed by atoms with Gasteiger partial charge in [-0.05, 0) is 18.6 Å². The molecule has 5 heteroatoms. The van der Waals surface area contributed by atoms with E-state index < -0.39 is 0 Å². The van der Waals surface area contributed by atoms with Crippen molar-refractivity contribution in [3.63, 3.8) is 0 Å². The highest BCUT2D eigenvalue weighted by Crippen LogP contribution is 2.13. The molecule has 2 N–H and O–H groups in total. The second kappa shape index (κ2) is 4.74. The maximum atomic E-state index is 11.8. The van der Waals surface area contributed by atoms with Crippen molar-refractivity contribution in [2.75, 3.05) is 11.9 Å². The summed E-state index contributed by atoms with van der Waals surface area (Å²) in [6.07, 6.45) is 2.64. The van der Waals surface area contributed by atoms with Crippen molar-refractivity contribution in [3.05, 3.63) is 24.4 Å². The third kappa shape index (κ3) is 2.56. The lowest BCUT2D eigenvalue weighted by Crippen LogP contribution is -2.40. The number of hydrogen-bond donors (Lipinski definition) is 2. The molecule has 0 aromatic carbocycles. The van der Waals surface area contributed by atoms with E-state index in [0.717, 1.165) is 0 Å². The van der Waals surface area contributed by atoms with Gasteiger partial charge in [-0.3, -0.25) is 9.59 Å². The van der Waals surface area contributed by atoms with Gasteiger partial charge in [-0.15, -0.1) is 0 Å². The highest BCUT2D eigenvalue weighted by atomic mass is 16.2. The average molecular weight is 219 g/mol. The van der Waals surface area contributed by atoms with E-state index >= 15 is 0 Å². The number of carbonyl (C=O) groups excluding carboxylic acids is 2. The Morgan fingerprint density at radius 2 is 2.38 bits per heavy atom. The van der Waals surface area contributed by atoms with Gasteiger partial charge in [-0.25, -0.2) is 4.98 Å². The van der Waals surface area contributed by atoms with Crippen LogP contribution >= 0.6 is 0 Å². The minimum atomic E-state index is -0.153. The predicted molar refractivity (Wildman–Crippen MR) is 58.6 cm³/mol. The molecule has 1 fully saturated rings. The first-order valence-electron chi connectivity index (χ1n) is 5.24. The fraction of sp³-hybridized carbons (Fsp3) is 0.364. The average Bonchev–Trinajstić information content (AvgIpc) is 2.31. The Morgan fingerprint density at radius 1 is 1.50 bits per heavy atom. The molecule has 0 bridgehead atoms. The van der Waals surface area contributed by atoms with Crippen LogP contribution in [-0.4, -0.2) is 23.3 Å². The van der Waals surface area contributed by atoms with Crippen LogP contribution in [0, 0.1) is 5.92 Å². The lowest BCUT2D eigenvalue weighted by molar-refractivity contribution is -0.126. The van der Waals surface area contributed by atoms with Crippen molar-refractivity contribution >= 4 is 17.6 Å². The monoisotopic (exact) mass is 219 g/mol. The summed E-state index contributed by atoms with van der Waals surface area (Å²) in [4.78, 5) is 26.7. The molecule has 2 amide bonds. The summed E-state index contributed by atoms with van der Waals surface area (Å²) in [6.45, 7) is 0.414. The van der Waals surface area contributed by atoms with Crippen molar-refractivity contribution in [1.29, 1.82) is 0 Å². The van der Waals surface area contributed by atoms with Crippen molar-refractivity contribution < 1.29 is 9.59 Å². The Bertz CT molecular complexity index is 381. The summed E-state index contributed by atoms with van der Waals surface area (Å²) in [5.41, 5.74) is 0. The van der Waals surface area contributed by atoms with Crippen molar-refractivity contribution in [3.8, 4) is 0 Å². The first-order valence-corrected chi connectivity index (χ1v) is 5.24. The van der Waals surface area contributed by atoms with E-state index in [1.807, 2.05) is 6.07 Å². The molecule has 0 unspecified atom stereocenters. The number of pyridine rings is 1. The van der Waals surface area contributed by atoms with E-state index in [-0.39, 0.29) is 17.7 Å². The molecule has 0 saturated carbocycles. The smallest absolute Gasteiger partial charge is 0.230 e. The normalized spacial score (nSPS) is 20.0. The fourth-order valence-corrected chi connectivity index (χ4v) is 1.62. The zero-order valence-corrected chi connectivity index (χ0v) is 8.77. The Morgan fingerprint density at radius 3 is 3.00 bits per heavy atom. The molecule has 2 rings (SSSR count). The molecule has 1 aromatic rings. The molecule has 1 saturated heterocycles. The first kappa shape index (κ1) is 10.6. The number of aromatic nitrogens is 1. The summed E-state index contributed by atoms with van der Waals surface area (Å²) in [5.74, 6) is 0.324. The highest BCUT2D eigenvalue weighted by Gasteiger charge is 2.24. The molecular weight excluding hydrogens is 206 g/mol. The maximum absolute atomic E-state index is 11.8. The van der Waals surface area contributed by atoms with Gasteiger partial charge in [-0.1, -0.05) is 6.07 Å². The molecule has 0 radical (unpaired) electrons. The lowest BCUT2D eigenvalue weighted by atomic mass is 9.98. The molecule has 84 valence electrons. The molecule has 1 aliphatic heterocycles. The van der Waals surface area contributed by atoms with Gasteiger partial charge in [0.05, 0.1) is 5.92 Å². The van der Waals surface area contributed by atoms with Crippen LogP contribution in [0.5, 0.6) is 0 Å². The highest BCUT2D eigenvalue weighted by molar-refractivity contribution is 5.93. The Labute approximate surface area is 93.3 Å². The van der Waals surface area contributed by atoms with E-state index in [0.29, 0.717) is 25.2 Å². The number of hydrogen-bond acceptors (Lipinski definition) is 3. The minimum absolute atomic E-state index is 0.0156. The van der Waals surface area contributed by atoms with Gasteiger partial charge in [0, 0.05) is 19.2 Å². The zero-order chi connectivity index (χ0) is 11.4. The number of amides is 2. The second-order valence-electron chi connectivity index (χ2n) is 3.74. The topological polar surface area (TPSA) is 71.1 Å². The van der Waals surface area contributed by atoms with Crippen molar-refractivity contribution in [2.45, 2.75) is 12.8 Å². The number of nitrogens with one attached hydrogen (secondary N) is 2. The van der Waals surface area contributed by atoms with Crippen LogP contribution < -0.4 is 10.6 Å². The second-order valence-corrected chi connectivity index (χ2v) is 3.74. The van der Waals surface area contributed by atoms with Crippen LogP contribution in [-0.2, 0) is 9.59 Å². The lowest BCUT2D eigenvalue weighted by Gasteiger charge is -2.21. The third-order valence-corrected chi connectivity index (χ3v) is 2.55. The van der Waals surface area contributed by atoms with Crippen LogP contribution in [0.4, 0.5) is 5.82 Å². The molecule has 0 aliphatic carbocycles. The van der Waals surface area contributed by atoms with E-state index in [1.165, 1.54) is 0 Å². The molecule has 0 spiro atoms. The predicted octanol–water partition coefficient (Wildman–Crippen LogP) is 0.546. The van der Waals surface area contributed by atoms with Crippen LogP contribution in [0.3, 0.4) is 0 Å². The van der Waals surface area contributed by atoms with Crippen molar-refractivity contribution in [1.82, 2.24) is 10.3 Å². The molecule has 1 aromatic heterocycles. The van der Waals surface area contributed by atoms with Gasteiger partial charge < -0.3 is 10.6 Å². The summed E-state index contributed by atoms with van der Waals surface area (Å²) < 4.78 is 0. The number of rotatable bonds is 2. The number of anilines is 1. The Balaban J connectivity index is 1.91. The van der Waals surface area contributed by atoms with Crippen LogP contribution in [0.25, 0.3) is 0 Å². The van der Waals surface area contributed by atoms with Gasteiger partial charge in [0.2, 0.25) is 11.8 Å². The van der Waals surface area contributed by atoms with E-state index in [9.17, 15) is 9.59 Å². The standard InChI is InChI=1S/C11H13N3O2/c15-10-5-4-8(7-13-10)11(16)14-9-3-1-2-6-12-9/h1-3,6,8H,4-5,7H2,(H,13,15)(H,12,14,16)/t8-/m0/s1. The first-order chi connectivity index (χ1) is 7.75. The summed E-state index contributed by atoms with van der Waals surface area (Å²) in [7, 11) is 0. The zero-order valence-electron chi connectivity index (χ0n) is 8.77. The molecule has 1 atom stereocenters. The maximum Gasteiger partial charge on any atom is 0.230 e. The molecule has 16 heavy (non-hydrogen) atoms. The summed E-state index contributed by atoms with van der Waals surface area (Å²) >= 11 is 0. The Hall–Kier alpha value is -1.91. The van der Waals surface area contributed by atoms with E-state index in [2.05, 4.69) is 15.6 Å². The molecule has 5 nitrogen and oxygen atoms in total.